The van der Waals surface area contributed by atoms with E-state index in [2.05, 4.69) is 0 Å². The van der Waals surface area contributed by atoms with E-state index in [4.69, 9.17) is 5.11 Å². The first-order valence-electron chi connectivity index (χ1n) is 3.92. The van der Waals surface area contributed by atoms with Gasteiger partial charge in [-0.2, -0.15) is 0 Å². The Morgan fingerprint density at radius 3 is 1.43 bits per heavy atom. The van der Waals surface area contributed by atoms with E-state index in [1.165, 1.54) is 0 Å². The number of carbonyl (C=O) groups is 1. The molecule has 0 unspecified atom stereocenters. The van der Waals surface area contributed by atoms with E-state index in [0.29, 0.717) is 5.92 Å². The van der Waals surface area contributed by atoms with Crippen LogP contribution in [0.3, 0.4) is 0 Å². The van der Waals surface area contributed by atoms with Gasteiger partial charge in [0.05, 0.1) is 5.92 Å². The molecule has 2 nitrogen and oxygen atoms in total. The summed E-state index contributed by atoms with van der Waals surface area (Å²) in [6.45, 7) is 0. The molecule has 0 bridgehead atoms. The average molecular weight is 230 g/mol. The van der Waals surface area contributed by atoms with Crippen molar-refractivity contribution in [3.05, 3.63) is 63.7 Å². The SMILES string of the molecule is O=C(O)[C]1[CH][CH][CH][CH]1.[CH]1[CH][CH][CH][CH]1.[Fe+2]. The topological polar surface area (TPSA) is 37.3 Å². The van der Waals surface area contributed by atoms with Gasteiger partial charge in [-0.3, -0.25) is 4.79 Å². The van der Waals surface area contributed by atoms with Crippen molar-refractivity contribution in [2.45, 2.75) is 0 Å². The molecule has 0 aromatic carbocycles. The minimum Gasteiger partial charge on any atom is -0.481 e. The molecule has 0 spiro atoms. The quantitative estimate of drug-likeness (QED) is 0.693. The van der Waals surface area contributed by atoms with Crippen molar-refractivity contribution in [2.24, 2.45) is 0 Å². The minimum atomic E-state index is -0.866. The summed E-state index contributed by atoms with van der Waals surface area (Å²) in [4.78, 5) is 10.1. The second-order valence-corrected chi connectivity index (χ2v) is 2.44. The fourth-order valence-electron chi connectivity index (χ4n) is 0.837. The van der Waals surface area contributed by atoms with Crippen molar-refractivity contribution in [2.75, 3.05) is 0 Å². The van der Waals surface area contributed by atoms with Crippen LogP contribution in [0.2, 0.25) is 0 Å². The predicted octanol–water partition coefficient (Wildman–Crippen LogP) is 1.50. The Hall–Kier alpha value is -0.0105. The summed E-state index contributed by atoms with van der Waals surface area (Å²) < 4.78 is 0. The standard InChI is InChI=1S/C6H5O2.C5H5.Fe/c7-6(8)5-3-1-2-4-5;1-2-4-5-3-1;/h1-4H,(H,7,8);1-5H;/q;;+2. The summed E-state index contributed by atoms with van der Waals surface area (Å²) in [6.07, 6.45) is 16.5. The number of carboxylic acids is 1. The molecule has 0 atom stereocenters. The van der Waals surface area contributed by atoms with Crippen LogP contribution in [0.5, 0.6) is 0 Å². The maximum Gasteiger partial charge on any atom is 2.00 e. The van der Waals surface area contributed by atoms with Gasteiger partial charge in [0.1, 0.15) is 0 Å². The zero-order chi connectivity index (χ0) is 9.52. The van der Waals surface area contributed by atoms with Crippen LogP contribution in [0.1, 0.15) is 0 Å². The van der Waals surface area contributed by atoms with Gasteiger partial charge in [0.15, 0.2) is 0 Å². The zero-order valence-electron chi connectivity index (χ0n) is 7.41. The van der Waals surface area contributed by atoms with E-state index >= 15 is 0 Å². The first kappa shape index (κ1) is 14.0. The molecule has 72 valence electrons. The van der Waals surface area contributed by atoms with Crippen molar-refractivity contribution >= 4 is 5.97 Å². The van der Waals surface area contributed by atoms with Crippen molar-refractivity contribution in [1.29, 1.82) is 0 Å². The van der Waals surface area contributed by atoms with Crippen molar-refractivity contribution in [1.82, 2.24) is 0 Å². The summed E-state index contributed by atoms with van der Waals surface area (Å²) in [5, 5.41) is 8.27. The normalized spacial score (nSPS) is 20.9. The first-order valence-corrected chi connectivity index (χ1v) is 3.92. The number of hydrogen-bond acceptors (Lipinski definition) is 1. The molecule has 3 heteroatoms. The van der Waals surface area contributed by atoms with E-state index < -0.39 is 5.97 Å². The molecule has 2 fully saturated rings. The molecule has 2 saturated carbocycles. The molecule has 0 saturated heterocycles. The summed E-state index contributed by atoms with van der Waals surface area (Å²) in [5.41, 5.74) is 0. The monoisotopic (exact) mass is 230 g/mol. The summed E-state index contributed by atoms with van der Waals surface area (Å²) in [6, 6.07) is 0. The third kappa shape index (κ3) is 5.66. The predicted molar refractivity (Wildman–Crippen MR) is 49.6 cm³/mol. The molecule has 2 aliphatic rings. The molecule has 10 radical (unpaired) electrons. The molecular weight excluding hydrogens is 220 g/mol. The first-order chi connectivity index (χ1) is 6.30. The van der Waals surface area contributed by atoms with Crippen molar-refractivity contribution in [3.63, 3.8) is 0 Å². The van der Waals surface area contributed by atoms with E-state index in [1.54, 1.807) is 25.7 Å². The van der Waals surface area contributed by atoms with Gasteiger partial charge < -0.3 is 5.11 Å². The summed E-state index contributed by atoms with van der Waals surface area (Å²) >= 11 is 0. The second-order valence-electron chi connectivity index (χ2n) is 2.44. The maximum absolute atomic E-state index is 10.1. The Morgan fingerprint density at radius 2 is 1.21 bits per heavy atom. The van der Waals surface area contributed by atoms with Gasteiger partial charge in [-0.25, -0.2) is 0 Å². The largest absolute Gasteiger partial charge is 2.00 e. The van der Waals surface area contributed by atoms with E-state index in [9.17, 15) is 4.79 Å². The molecule has 2 rings (SSSR count). The molecule has 0 aromatic rings. The third-order valence-electron chi connectivity index (χ3n) is 1.47. The molecule has 0 aromatic heterocycles. The molecular formula is C11H10FeO2+2. The number of aliphatic carboxylic acids is 1. The van der Waals surface area contributed by atoms with Crippen molar-refractivity contribution < 1.29 is 27.0 Å². The molecule has 0 heterocycles. The Kier molecular flexibility index (Phi) is 8.30. The van der Waals surface area contributed by atoms with Crippen LogP contribution < -0.4 is 0 Å². The maximum atomic E-state index is 10.1. The number of carboxylic acid groups (broad SMARTS) is 1. The van der Waals surface area contributed by atoms with Gasteiger partial charge in [-0.05, 0) is 57.8 Å². The van der Waals surface area contributed by atoms with Gasteiger partial charge >= 0.3 is 23.0 Å². The number of rotatable bonds is 1. The van der Waals surface area contributed by atoms with Crippen molar-refractivity contribution in [3.8, 4) is 0 Å². The van der Waals surface area contributed by atoms with Crippen LogP contribution in [-0.4, -0.2) is 11.1 Å². The van der Waals surface area contributed by atoms with Crippen LogP contribution in [0.4, 0.5) is 0 Å². The molecule has 1 N–H and O–H groups in total. The van der Waals surface area contributed by atoms with E-state index in [-0.39, 0.29) is 17.1 Å². The third-order valence-corrected chi connectivity index (χ3v) is 1.47. The number of hydrogen-bond donors (Lipinski definition) is 1. The van der Waals surface area contributed by atoms with Crippen LogP contribution in [-0.2, 0) is 21.9 Å². The smallest absolute Gasteiger partial charge is 0.481 e. The van der Waals surface area contributed by atoms with Gasteiger partial charge in [-0.15, -0.1) is 0 Å². The summed E-state index contributed by atoms with van der Waals surface area (Å²) in [5.74, 6) is -0.514. The Bertz CT molecular complexity index is 142. The molecule has 2 aliphatic carbocycles. The fraction of sp³-hybridized carbons (Fsp3) is 0. The molecule has 14 heavy (non-hydrogen) atoms. The van der Waals surface area contributed by atoms with Crippen LogP contribution in [0.25, 0.3) is 0 Å². The van der Waals surface area contributed by atoms with Gasteiger partial charge in [-0.1, -0.05) is 0 Å². The van der Waals surface area contributed by atoms with E-state index in [0.717, 1.165) is 0 Å². The Labute approximate surface area is 96.9 Å². The van der Waals surface area contributed by atoms with Gasteiger partial charge in [0.25, 0.3) is 0 Å². The summed E-state index contributed by atoms with van der Waals surface area (Å²) in [7, 11) is 0. The van der Waals surface area contributed by atoms with Crippen LogP contribution in [0.15, 0.2) is 0 Å². The fourth-order valence-corrected chi connectivity index (χ4v) is 0.837. The van der Waals surface area contributed by atoms with Gasteiger partial charge in [0, 0.05) is 0 Å². The van der Waals surface area contributed by atoms with Crippen LogP contribution >= 0.6 is 0 Å². The zero-order valence-corrected chi connectivity index (χ0v) is 8.51. The molecule has 0 amide bonds. The minimum absolute atomic E-state index is 0. The van der Waals surface area contributed by atoms with E-state index in [1.807, 2.05) is 32.1 Å². The van der Waals surface area contributed by atoms with Gasteiger partial charge in [0.2, 0.25) is 0 Å². The van der Waals surface area contributed by atoms with Crippen LogP contribution in [0, 0.1) is 63.7 Å². The Balaban J connectivity index is 0.000000246. The molecule has 0 aliphatic heterocycles. The average Bonchev–Trinajstić information content (AvgIpc) is 2.82. The second kappa shape index (κ2) is 8.31. The Morgan fingerprint density at radius 1 is 0.857 bits per heavy atom.